The lowest BCUT2D eigenvalue weighted by molar-refractivity contribution is -0.0611. The Morgan fingerprint density at radius 1 is 1.33 bits per heavy atom. The molecule has 0 aliphatic carbocycles. The largest absolute Gasteiger partial charge is 0.444 e. The summed E-state index contributed by atoms with van der Waals surface area (Å²) in [6.45, 7) is 14.4. The van der Waals surface area contributed by atoms with E-state index in [1.807, 2.05) is 0 Å². The first kappa shape index (κ1) is 23.9. The van der Waals surface area contributed by atoms with E-state index in [0.717, 1.165) is 0 Å². The normalized spacial score (nSPS) is 25.1. The van der Waals surface area contributed by atoms with Gasteiger partial charge in [0, 0.05) is 18.4 Å². The number of hydrogen-bond donors (Lipinski definition) is 3. The Hall–Kier alpha value is -1.15. The van der Waals surface area contributed by atoms with Crippen molar-refractivity contribution in [2.75, 3.05) is 13.2 Å². The monoisotopic (exact) mass is 387 g/mol. The minimum Gasteiger partial charge on any atom is -0.444 e. The zero-order chi connectivity index (χ0) is 21.2. The molecule has 1 aliphatic rings. The molecule has 0 aromatic rings. The summed E-state index contributed by atoms with van der Waals surface area (Å²) in [4.78, 5) is 14.2. The highest BCUT2D eigenvalue weighted by Crippen LogP contribution is 2.31. The third kappa shape index (κ3) is 6.17. The van der Waals surface area contributed by atoms with Crippen LogP contribution in [-0.4, -0.2) is 69.1 Å². The fraction of sp³-hybridized carbons (Fsp3) is 0.850. The van der Waals surface area contributed by atoms with Crippen molar-refractivity contribution in [2.24, 2.45) is 11.8 Å². The topological polar surface area (TPSA) is 99.5 Å². The van der Waals surface area contributed by atoms with Crippen LogP contribution in [0.25, 0.3) is 0 Å². The van der Waals surface area contributed by atoms with E-state index in [4.69, 9.17) is 9.47 Å². The molecule has 0 saturated carbocycles. The Bertz CT molecular complexity index is 539. The number of rotatable bonds is 6. The first-order chi connectivity index (χ1) is 12.2. The number of aliphatic hydroxyl groups is 3. The first-order valence-electron chi connectivity index (χ1n) is 9.53. The van der Waals surface area contributed by atoms with Crippen LogP contribution in [0.3, 0.4) is 0 Å². The van der Waals surface area contributed by atoms with Crippen LogP contribution in [-0.2, 0) is 9.47 Å². The molecule has 0 aromatic carbocycles. The average Bonchev–Trinajstić information content (AvgIpc) is 2.84. The predicted molar refractivity (Wildman–Crippen MR) is 103 cm³/mol. The summed E-state index contributed by atoms with van der Waals surface area (Å²) >= 11 is 0. The van der Waals surface area contributed by atoms with Crippen LogP contribution in [0.4, 0.5) is 4.79 Å². The van der Waals surface area contributed by atoms with Crippen molar-refractivity contribution >= 4 is 6.09 Å². The van der Waals surface area contributed by atoms with Crippen molar-refractivity contribution < 1.29 is 29.6 Å². The number of aliphatic hydroxyl groups excluding tert-OH is 3. The Labute approximate surface area is 163 Å². The maximum atomic E-state index is 12.7. The summed E-state index contributed by atoms with van der Waals surface area (Å²) in [7, 11) is 0. The number of nitrogens with zero attached hydrogens (tertiary/aromatic N) is 1. The maximum Gasteiger partial charge on any atom is 0.413 e. The van der Waals surface area contributed by atoms with Crippen LogP contribution in [0.1, 0.15) is 55.4 Å². The Morgan fingerprint density at radius 2 is 1.89 bits per heavy atom. The van der Waals surface area contributed by atoms with E-state index >= 15 is 0 Å². The van der Waals surface area contributed by atoms with Crippen LogP contribution < -0.4 is 0 Å². The van der Waals surface area contributed by atoms with E-state index in [-0.39, 0.29) is 18.6 Å². The average molecular weight is 388 g/mol. The second kappa shape index (κ2) is 8.90. The zero-order valence-corrected chi connectivity index (χ0v) is 17.9. The molecule has 0 unspecified atom stereocenters. The van der Waals surface area contributed by atoms with Crippen molar-refractivity contribution in [3.63, 3.8) is 0 Å². The van der Waals surface area contributed by atoms with Gasteiger partial charge >= 0.3 is 6.09 Å². The van der Waals surface area contributed by atoms with Gasteiger partial charge < -0.3 is 24.8 Å². The van der Waals surface area contributed by atoms with Crippen molar-refractivity contribution in [1.82, 2.24) is 4.90 Å². The van der Waals surface area contributed by atoms with E-state index in [9.17, 15) is 20.1 Å². The van der Waals surface area contributed by atoms with Crippen LogP contribution in [0.5, 0.6) is 0 Å². The molecule has 1 saturated heterocycles. The maximum absolute atomic E-state index is 12.7. The minimum atomic E-state index is -0.904. The minimum absolute atomic E-state index is 0.155. The van der Waals surface area contributed by atoms with Gasteiger partial charge in [0.25, 0.3) is 0 Å². The van der Waals surface area contributed by atoms with Gasteiger partial charge in [0.2, 0.25) is 0 Å². The van der Waals surface area contributed by atoms with Crippen LogP contribution in [0.15, 0.2) is 11.6 Å². The molecule has 1 heterocycles. The summed E-state index contributed by atoms with van der Waals surface area (Å²) in [6.07, 6.45) is -0.434. The van der Waals surface area contributed by atoms with E-state index in [2.05, 4.69) is 0 Å². The summed E-state index contributed by atoms with van der Waals surface area (Å²) in [5.74, 6) is -0.803. The highest BCUT2D eigenvalue weighted by Gasteiger charge is 2.45. The molecule has 1 aliphatic heterocycles. The number of carbonyl (C=O) groups excluding carboxylic acids is 1. The molecule has 1 rings (SSSR count). The standard InChI is InChI=1S/C20H37NO6/c1-12(16(23)14(3)17(24)13(2)10-22)9-15-11-26-20(7,8)21(15)18(25)27-19(4,5)6/h9,13-17,22-24H,10-11H2,1-8H3/b12-9+/t13-,14-,15+,16-,17-/m0/s1. The molecule has 0 aromatic heterocycles. The Morgan fingerprint density at radius 3 is 2.37 bits per heavy atom. The van der Waals surface area contributed by atoms with Gasteiger partial charge in [-0.2, -0.15) is 0 Å². The fourth-order valence-electron chi connectivity index (χ4n) is 3.25. The molecule has 1 amide bonds. The predicted octanol–water partition coefficient (Wildman–Crippen LogP) is 2.29. The molecule has 158 valence electrons. The van der Waals surface area contributed by atoms with E-state index in [1.165, 1.54) is 4.90 Å². The number of ether oxygens (including phenoxy) is 2. The summed E-state index contributed by atoms with van der Waals surface area (Å²) in [5.41, 5.74) is -0.824. The van der Waals surface area contributed by atoms with Crippen LogP contribution in [0.2, 0.25) is 0 Å². The third-order valence-electron chi connectivity index (χ3n) is 4.94. The molecular formula is C20H37NO6. The van der Waals surface area contributed by atoms with Gasteiger partial charge in [-0.15, -0.1) is 0 Å². The van der Waals surface area contributed by atoms with E-state index in [1.54, 1.807) is 61.5 Å². The molecule has 0 bridgehead atoms. The van der Waals surface area contributed by atoms with Crippen molar-refractivity contribution in [2.45, 2.75) is 85.0 Å². The van der Waals surface area contributed by atoms with Crippen LogP contribution >= 0.6 is 0 Å². The van der Waals surface area contributed by atoms with Gasteiger partial charge in [0.05, 0.1) is 24.9 Å². The van der Waals surface area contributed by atoms with Gasteiger partial charge in [0.15, 0.2) is 0 Å². The number of carbonyl (C=O) groups is 1. The summed E-state index contributed by atoms with van der Waals surface area (Å²) in [6, 6.07) is -0.385. The highest BCUT2D eigenvalue weighted by molar-refractivity contribution is 5.70. The summed E-state index contributed by atoms with van der Waals surface area (Å²) in [5, 5.41) is 30.1. The molecule has 3 N–H and O–H groups in total. The molecule has 27 heavy (non-hydrogen) atoms. The lowest BCUT2D eigenvalue weighted by Gasteiger charge is -2.35. The van der Waals surface area contributed by atoms with Crippen molar-refractivity contribution in [1.29, 1.82) is 0 Å². The Kier molecular flexibility index (Phi) is 7.88. The lowest BCUT2D eigenvalue weighted by Crippen LogP contribution is -2.49. The summed E-state index contributed by atoms with van der Waals surface area (Å²) < 4.78 is 11.3. The Balaban J connectivity index is 3.00. The second-order valence-corrected chi connectivity index (χ2v) is 9.04. The van der Waals surface area contributed by atoms with Crippen LogP contribution in [0, 0.1) is 11.8 Å². The van der Waals surface area contributed by atoms with Gasteiger partial charge in [-0.05, 0) is 47.1 Å². The quantitative estimate of drug-likeness (QED) is 0.605. The highest BCUT2D eigenvalue weighted by atomic mass is 16.6. The number of amides is 1. The molecule has 1 fully saturated rings. The third-order valence-corrected chi connectivity index (χ3v) is 4.94. The van der Waals surface area contributed by atoms with E-state index in [0.29, 0.717) is 12.2 Å². The van der Waals surface area contributed by atoms with Crippen molar-refractivity contribution in [3.05, 3.63) is 11.6 Å². The van der Waals surface area contributed by atoms with Gasteiger partial charge in [0.1, 0.15) is 11.3 Å². The molecule has 7 nitrogen and oxygen atoms in total. The second-order valence-electron chi connectivity index (χ2n) is 9.04. The first-order valence-corrected chi connectivity index (χ1v) is 9.53. The molecule has 5 atom stereocenters. The zero-order valence-electron chi connectivity index (χ0n) is 17.9. The van der Waals surface area contributed by atoms with Gasteiger partial charge in [-0.3, -0.25) is 4.90 Å². The van der Waals surface area contributed by atoms with Crippen molar-refractivity contribution in [3.8, 4) is 0 Å². The molecule has 0 spiro atoms. The van der Waals surface area contributed by atoms with E-state index < -0.39 is 35.5 Å². The molecule has 0 radical (unpaired) electrons. The smallest absolute Gasteiger partial charge is 0.413 e. The lowest BCUT2D eigenvalue weighted by atomic mass is 9.86. The van der Waals surface area contributed by atoms with Gasteiger partial charge in [-0.1, -0.05) is 19.9 Å². The van der Waals surface area contributed by atoms with Gasteiger partial charge in [-0.25, -0.2) is 4.79 Å². The number of hydrogen-bond acceptors (Lipinski definition) is 6. The SMILES string of the molecule is C/C(=C\[C@@H]1COC(C)(C)N1C(=O)OC(C)(C)C)[C@H](O)[C@H](C)[C@@H](O)[C@@H](C)CO. The fourth-order valence-corrected chi connectivity index (χ4v) is 3.25. The molecule has 7 heteroatoms. The molecular weight excluding hydrogens is 350 g/mol.